The van der Waals surface area contributed by atoms with Crippen molar-refractivity contribution in [2.45, 2.75) is 94.4 Å². The van der Waals surface area contributed by atoms with Gasteiger partial charge in [-0.2, -0.15) is 8.42 Å². The highest BCUT2D eigenvalue weighted by Crippen LogP contribution is 2.35. The van der Waals surface area contributed by atoms with E-state index >= 15 is 0 Å². The molecule has 0 radical (unpaired) electrons. The number of aromatic carboxylic acids is 1. The molecule has 358 valence electrons. The predicted octanol–water partition coefficient (Wildman–Crippen LogP) is 5.32. The largest absolute Gasteiger partial charge is 0.494 e. The normalized spacial score (nSPS) is 11.7. The van der Waals surface area contributed by atoms with Gasteiger partial charge in [0, 0.05) is 37.4 Å². The molecule has 2 aromatic carbocycles. The molecule has 0 aliphatic rings. The number of hydrogen-bond donors (Lipinski definition) is 5. The van der Waals surface area contributed by atoms with Crippen molar-refractivity contribution in [1.29, 1.82) is 0 Å². The van der Waals surface area contributed by atoms with E-state index in [0.717, 1.165) is 57.1 Å². The standard InChI is InChI=1S/C42H58Cl2N2O17S/c43-31-26-34(44)40(36(27-31)64(55,56)57)63-39(50)29-61-25-23-59-21-18-45-38(49)28-60-24-22-58-19-9-10-32(47)14-17-35(42(53)54)46-37(48)11-7-5-3-1-2-4-6-8-20-62-33-15-12-30(13-16-33)41(51)52/h12-13,15-16,26-27,35H,1-11,14,17-25,28-29H2,(H,45,49)(H,46,48)(H,51,52)(H,53,54)(H,55,56,57)/t35-/m0/s1. The van der Waals surface area contributed by atoms with Gasteiger partial charge in [0.25, 0.3) is 10.1 Å². The number of benzene rings is 2. The molecule has 0 heterocycles. The van der Waals surface area contributed by atoms with Crippen molar-refractivity contribution in [1.82, 2.24) is 10.6 Å². The van der Waals surface area contributed by atoms with Crippen LogP contribution >= 0.6 is 23.2 Å². The second kappa shape index (κ2) is 32.3. The van der Waals surface area contributed by atoms with Gasteiger partial charge in [-0.05, 0) is 62.1 Å². The van der Waals surface area contributed by atoms with E-state index < -0.39 is 57.2 Å². The van der Waals surface area contributed by atoms with E-state index in [1.807, 2.05) is 0 Å². The number of hydrogen-bond acceptors (Lipinski definition) is 14. The van der Waals surface area contributed by atoms with Gasteiger partial charge in [-0.15, -0.1) is 0 Å². The Kier molecular flexibility index (Phi) is 28.1. The number of carbonyl (C=O) groups excluding carboxylic acids is 4. The third kappa shape index (κ3) is 25.8. The summed E-state index contributed by atoms with van der Waals surface area (Å²) in [7, 11) is -4.78. The summed E-state index contributed by atoms with van der Waals surface area (Å²) in [5, 5.41) is 23.2. The first-order chi connectivity index (χ1) is 30.6. The van der Waals surface area contributed by atoms with Gasteiger partial charge in [-0.25, -0.2) is 14.4 Å². The highest BCUT2D eigenvalue weighted by atomic mass is 35.5. The summed E-state index contributed by atoms with van der Waals surface area (Å²) in [6.45, 7) is 0.667. The maximum absolute atomic E-state index is 12.3. The first-order valence-electron chi connectivity index (χ1n) is 20.8. The lowest BCUT2D eigenvalue weighted by Crippen LogP contribution is -2.41. The minimum atomic E-state index is -4.78. The van der Waals surface area contributed by atoms with Crippen LogP contribution in [0.2, 0.25) is 10.0 Å². The maximum Gasteiger partial charge on any atom is 0.337 e. The molecule has 22 heteroatoms. The third-order valence-corrected chi connectivity index (χ3v) is 10.3. The van der Waals surface area contributed by atoms with E-state index in [4.69, 9.17) is 56.7 Å². The summed E-state index contributed by atoms with van der Waals surface area (Å²) >= 11 is 11.6. The molecule has 0 fully saturated rings. The molecule has 1 atom stereocenters. The fourth-order valence-corrected chi connectivity index (χ4v) is 7.02. The molecular formula is C42H58Cl2N2O17S. The van der Waals surface area contributed by atoms with E-state index in [0.29, 0.717) is 25.2 Å². The Balaban J connectivity index is 1.38. The monoisotopic (exact) mass is 964 g/mol. The molecule has 0 aromatic heterocycles. The lowest BCUT2D eigenvalue weighted by Gasteiger charge is -2.14. The fourth-order valence-electron chi connectivity index (χ4n) is 5.70. The topological polar surface area (TPSA) is 277 Å². The molecule has 0 bridgehead atoms. The van der Waals surface area contributed by atoms with Crippen LogP contribution in [0, 0.1) is 0 Å². The molecule has 2 amide bonds. The van der Waals surface area contributed by atoms with Crippen LogP contribution in [0.3, 0.4) is 0 Å². The summed E-state index contributed by atoms with van der Waals surface area (Å²) in [6.07, 6.45) is 8.33. The second-order valence-electron chi connectivity index (χ2n) is 14.2. The number of halogens is 2. The summed E-state index contributed by atoms with van der Waals surface area (Å²) in [4.78, 5) is 70.4. The number of ether oxygens (including phenoxy) is 6. The molecule has 0 spiro atoms. The first-order valence-corrected chi connectivity index (χ1v) is 23.0. The van der Waals surface area contributed by atoms with Crippen LogP contribution in [0.25, 0.3) is 0 Å². The predicted molar refractivity (Wildman–Crippen MR) is 232 cm³/mol. The average molecular weight is 966 g/mol. The molecule has 0 unspecified atom stereocenters. The van der Waals surface area contributed by atoms with Crippen molar-refractivity contribution >= 4 is 68.8 Å². The average Bonchev–Trinajstić information content (AvgIpc) is 3.23. The number of Topliss-reactive ketones (excluding diaryl/α,β-unsaturated/α-hetero) is 1. The Bertz CT molecular complexity index is 1880. The number of carboxylic acids is 2. The Morgan fingerprint density at radius 2 is 1.27 bits per heavy atom. The van der Waals surface area contributed by atoms with Crippen LogP contribution in [0.5, 0.6) is 11.5 Å². The first kappa shape index (κ1) is 55.7. The lowest BCUT2D eigenvalue weighted by atomic mass is 10.0. The summed E-state index contributed by atoms with van der Waals surface area (Å²) in [5.74, 6) is -4.00. The number of unbranched alkanes of at least 4 members (excludes halogenated alkanes) is 7. The molecule has 0 saturated carbocycles. The highest BCUT2D eigenvalue weighted by Gasteiger charge is 2.24. The van der Waals surface area contributed by atoms with Crippen molar-refractivity contribution in [2.75, 3.05) is 66.0 Å². The maximum atomic E-state index is 12.3. The highest BCUT2D eigenvalue weighted by molar-refractivity contribution is 7.86. The number of ketones is 1. The zero-order valence-corrected chi connectivity index (χ0v) is 37.9. The van der Waals surface area contributed by atoms with Crippen LogP contribution in [-0.4, -0.2) is 131 Å². The number of carbonyl (C=O) groups is 6. The molecular weight excluding hydrogens is 907 g/mol. The Labute approximate surface area is 382 Å². The van der Waals surface area contributed by atoms with Crippen LogP contribution in [0.4, 0.5) is 0 Å². The Morgan fingerprint density at radius 3 is 1.91 bits per heavy atom. The number of rotatable bonds is 37. The number of aliphatic carboxylic acids is 1. The van der Waals surface area contributed by atoms with Crippen molar-refractivity contribution in [3.63, 3.8) is 0 Å². The van der Waals surface area contributed by atoms with Gasteiger partial charge in [-0.1, -0.05) is 61.7 Å². The van der Waals surface area contributed by atoms with Crippen molar-refractivity contribution in [2.24, 2.45) is 0 Å². The number of carboxylic acid groups (broad SMARTS) is 2. The summed E-state index contributed by atoms with van der Waals surface area (Å²) in [6, 6.07) is 7.17. The molecule has 19 nitrogen and oxygen atoms in total. The molecule has 0 saturated heterocycles. The smallest absolute Gasteiger partial charge is 0.337 e. The minimum absolute atomic E-state index is 0.00327. The van der Waals surface area contributed by atoms with Crippen LogP contribution in [0.15, 0.2) is 41.3 Å². The van der Waals surface area contributed by atoms with Crippen LogP contribution in [0.1, 0.15) is 93.8 Å². The van der Waals surface area contributed by atoms with E-state index in [1.54, 1.807) is 12.1 Å². The van der Waals surface area contributed by atoms with Crippen LogP contribution in [-0.2, 0) is 53.0 Å². The van der Waals surface area contributed by atoms with Gasteiger partial charge in [0.1, 0.15) is 35.7 Å². The van der Waals surface area contributed by atoms with E-state index in [9.17, 15) is 46.8 Å². The molecule has 64 heavy (non-hydrogen) atoms. The zero-order chi connectivity index (χ0) is 47.2. The Hall–Kier alpha value is -4.41. The third-order valence-electron chi connectivity index (χ3n) is 8.99. The minimum Gasteiger partial charge on any atom is -0.494 e. The molecule has 5 N–H and O–H groups in total. The number of amides is 2. The number of esters is 1. The van der Waals surface area contributed by atoms with Gasteiger partial charge < -0.3 is 49.3 Å². The zero-order valence-electron chi connectivity index (χ0n) is 35.5. The van der Waals surface area contributed by atoms with E-state index in [-0.39, 0.29) is 106 Å². The fraction of sp³-hybridized carbons (Fsp3) is 0.571. The lowest BCUT2D eigenvalue weighted by molar-refractivity contribution is -0.142. The van der Waals surface area contributed by atoms with Crippen LogP contribution < -0.4 is 20.1 Å². The van der Waals surface area contributed by atoms with Gasteiger partial charge in [-0.3, -0.25) is 18.9 Å². The number of nitrogens with one attached hydrogen (secondary N) is 2. The van der Waals surface area contributed by atoms with Crippen molar-refractivity contribution < 1.29 is 80.4 Å². The van der Waals surface area contributed by atoms with E-state index in [1.165, 1.54) is 12.1 Å². The molecule has 2 aromatic rings. The molecule has 2 rings (SSSR count). The quantitative estimate of drug-likeness (QED) is 0.0248. The van der Waals surface area contributed by atoms with Gasteiger partial charge in [0.2, 0.25) is 11.8 Å². The van der Waals surface area contributed by atoms with Gasteiger partial charge >= 0.3 is 17.9 Å². The Morgan fingerprint density at radius 1 is 0.656 bits per heavy atom. The van der Waals surface area contributed by atoms with Crippen molar-refractivity contribution in [3.8, 4) is 11.5 Å². The summed E-state index contributed by atoms with van der Waals surface area (Å²) in [5.41, 5.74) is 0.216. The summed E-state index contributed by atoms with van der Waals surface area (Å²) < 4.78 is 64.1. The SMILES string of the molecule is O=C(CCCOCCOCC(=O)NCCOCCOCC(=O)Oc1c(Cl)cc(Cl)cc1S(=O)(=O)O)CC[C@H](NC(=O)CCCCCCCCCCOc1ccc(C(=O)O)cc1)C(=O)O. The van der Waals surface area contributed by atoms with Gasteiger partial charge in [0.15, 0.2) is 5.75 Å². The van der Waals surface area contributed by atoms with E-state index in [2.05, 4.69) is 10.6 Å². The van der Waals surface area contributed by atoms with Crippen molar-refractivity contribution in [3.05, 3.63) is 52.0 Å². The van der Waals surface area contributed by atoms with Gasteiger partial charge in [0.05, 0.1) is 50.2 Å². The second-order valence-corrected chi connectivity index (χ2v) is 16.5. The molecule has 0 aliphatic heterocycles. The molecule has 0 aliphatic carbocycles.